The Morgan fingerprint density at radius 3 is 2.53 bits per heavy atom. The number of phenolic OH excluding ortho intramolecular Hbond substituents is 1. The zero-order chi connectivity index (χ0) is 11.3. The Hall–Kier alpha value is -1.06. The van der Waals surface area contributed by atoms with Crippen LogP contribution in [0.2, 0.25) is 0 Å². The highest BCUT2D eigenvalue weighted by molar-refractivity contribution is 5.34. The molecule has 0 heterocycles. The molecule has 1 aromatic rings. The van der Waals surface area contributed by atoms with Crippen molar-refractivity contribution in [2.24, 2.45) is 0 Å². The second kappa shape index (κ2) is 5.73. The molecule has 3 heteroatoms. The number of hydrogen-bond acceptors (Lipinski definition) is 3. The van der Waals surface area contributed by atoms with Crippen molar-refractivity contribution in [3.8, 4) is 5.75 Å². The number of phenols is 1. The Morgan fingerprint density at radius 2 is 2.00 bits per heavy atom. The number of hydrogen-bond donors (Lipinski definition) is 3. The van der Waals surface area contributed by atoms with Gasteiger partial charge in [-0.2, -0.15) is 0 Å². The fourth-order valence-electron chi connectivity index (χ4n) is 1.61. The molecule has 2 atom stereocenters. The molecular weight excluding hydrogens is 190 g/mol. The highest BCUT2D eigenvalue weighted by Crippen LogP contribution is 2.25. The Kier molecular flexibility index (Phi) is 4.59. The molecule has 0 aliphatic heterocycles. The van der Waals surface area contributed by atoms with Crippen LogP contribution >= 0.6 is 0 Å². The van der Waals surface area contributed by atoms with E-state index in [-0.39, 0.29) is 18.7 Å². The van der Waals surface area contributed by atoms with Crippen LogP contribution in [0.4, 0.5) is 0 Å². The van der Waals surface area contributed by atoms with Gasteiger partial charge in [0.2, 0.25) is 0 Å². The van der Waals surface area contributed by atoms with E-state index in [1.54, 1.807) is 12.1 Å². The summed E-state index contributed by atoms with van der Waals surface area (Å²) in [6.07, 6.45) is 0.877. The lowest BCUT2D eigenvalue weighted by molar-refractivity contribution is 0.239. The van der Waals surface area contributed by atoms with Crippen molar-refractivity contribution in [1.82, 2.24) is 5.32 Å². The van der Waals surface area contributed by atoms with Crippen LogP contribution < -0.4 is 5.32 Å². The van der Waals surface area contributed by atoms with E-state index in [0.717, 1.165) is 12.0 Å². The maximum Gasteiger partial charge on any atom is 0.120 e. The maximum atomic E-state index is 9.70. The summed E-state index contributed by atoms with van der Waals surface area (Å²) in [7, 11) is 0. The van der Waals surface area contributed by atoms with Gasteiger partial charge in [0.1, 0.15) is 5.75 Å². The van der Waals surface area contributed by atoms with Crippen molar-refractivity contribution in [2.75, 3.05) is 6.61 Å². The molecule has 0 saturated heterocycles. The van der Waals surface area contributed by atoms with Crippen molar-refractivity contribution in [2.45, 2.75) is 32.4 Å². The van der Waals surface area contributed by atoms with Gasteiger partial charge in [-0.05, 0) is 19.4 Å². The van der Waals surface area contributed by atoms with Crippen LogP contribution in [0.1, 0.15) is 31.9 Å². The van der Waals surface area contributed by atoms with Crippen LogP contribution in [0.5, 0.6) is 5.75 Å². The van der Waals surface area contributed by atoms with Crippen LogP contribution in [-0.4, -0.2) is 22.9 Å². The van der Waals surface area contributed by atoms with E-state index in [9.17, 15) is 5.11 Å². The van der Waals surface area contributed by atoms with Gasteiger partial charge in [0.05, 0.1) is 6.61 Å². The second-order valence-electron chi connectivity index (χ2n) is 3.77. The van der Waals surface area contributed by atoms with E-state index in [2.05, 4.69) is 5.32 Å². The molecule has 1 aromatic carbocycles. The lowest BCUT2D eigenvalue weighted by Crippen LogP contribution is -2.32. The molecule has 3 nitrogen and oxygen atoms in total. The normalized spacial score (nSPS) is 14.9. The molecule has 0 radical (unpaired) electrons. The topological polar surface area (TPSA) is 52.5 Å². The summed E-state index contributed by atoms with van der Waals surface area (Å²) in [5.41, 5.74) is 0.889. The smallest absolute Gasteiger partial charge is 0.120 e. The average molecular weight is 209 g/mol. The average Bonchev–Trinajstić information content (AvgIpc) is 2.26. The Labute approximate surface area is 90.8 Å². The minimum absolute atomic E-state index is 0.0366. The van der Waals surface area contributed by atoms with Gasteiger partial charge >= 0.3 is 0 Å². The monoisotopic (exact) mass is 209 g/mol. The third kappa shape index (κ3) is 3.22. The lowest BCUT2D eigenvalue weighted by Gasteiger charge is -2.22. The summed E-state index contributed by atoms with van der Waals surface area (Å²) in [5.74, 6) is 0.307. The van der Waals surface area contributed by atoms with Gasteiger partial charge in [0, 0.05) is 17.6 Å². The van der Waals surface area contributed by atoms with E-state index >= 15 is 0 Å². The summed E-state index contributed by atoms with van der Waals surface area (Å²) >= 11 is 0. The van der Waals surface area contributed by atoms with E-state index in [4.69, 9.17) is 5.11 Å². The fourth-order valence-corrected chi connectivity index (χ4v) is 1.61. The predicted octanol–water partition coefficient (Wildman–Crippen LogP) is 1.81. The highest BCUT2D eigenvalue weighted by atomic mass is 16.3. The minimum atomic E-state index is 0.0366. The molecule has 0 aromatic heterocycles. The summed E-state index contributed by atoms with van der Waals surface area (Å²) < 4.78 is 0. The van der Waals surface area contributed by atoms with Crippen LogP contribution in [0.25, 0.3) is 0 Å². The van der Waals surface area contributed by atoms with Crippen LogP contribution in [-0.2, 0) is 0 Å². The number of nitrogens with one attached hydrogen (secondary N) is 1. The first-order valence-electron chi connectivity index (χ1n) is 5.33. The summed E-state index contributed by atoms with van der Waals surface area (Å²) in [6, 6.07) is 7.43. The summed E-state index contributed by atoms with van der Waals surface area (Å²) in [4.78, 5) is 0. The van der Waals surface area contributed by atoms with Crippen LogP contribution in [0.15, 0.2) is 24.3 Å². The number of aliphatic hydroxyl groups excluding tert-OH is 1. The van der Waals surface area contributed by atoms with Crippen LogP contribution in [0.3, 0.4) is 0 Å². The number of rotatable bonds is 5. The number of para-hydroxylation sites is 1. The molecule has 0 unspecified atom stereocenters. The van der Waals surface area contributed by atoms with Crippen molar-refractivity contribution >= 4 is 0 Å². The molecule has 84 valence electrons. The van der Waals surface area contributed by atoms with Crippen molar-refractivity contribution in [3.05, 3.63) is 29.8 Å². The molecule has 0 aliphatic carbocycles. The molecular formula is C12H19NO2. The van der Waals surface area contributed by atoms with Gasteiger partial charge in [-0.25, -0.2) is 0 Å². The lowest BCUT2D eigenvalue weighted by atomic mass is 10.0. The molecule has 0 saturated carbocycles. The molecule has 15 heavy (non-hydrogen) atoms. The molecule has 0 fully saturated rings. The first-order chi connectivity index (χ1) is 7.19. The third-order valence-electron chi connectivity index (χ3n) is 2.48. The number of benzene rings is 1. The molecule has 0 spiro atoms. The van der Waals surface area contributed by atoms with E-state index in [0.29, 0.717) is 5.75 Å². The van der Waals surface area contributed by atoms with Gasteiger partial charge < -0.3 is 15.5 Å². The Bertz CT molecular complexity index is 301. The summed E-state index contributed by atoms with van der Waals surface area (Å²) in [6.45, 7) is 4.07. The minimum Gasteiger partial charge on any atom is -0.508 e. The van der Waals surface area contributed by atoms with Gasteiger partial charge in [0.15, 0.2) is 0 Å². The van der Waals surface area contributed by atoms with Gasteiger partial charge in [0.25, 0.3) is 0 Å². The third-order valence-corrected chi connectivity index (χ3v) is 2.48. The predicted molar refractivity (Wildman–Crippen MR) is 60.8 cm³/mol. The highest BCUT2D eigenvalue weighted by Gasteiger charge is 2.14. The molecule has 3 N–H and O–H groups in total. The standard InChI is InChI=1S/C12H19NO2/c1-3-11(13-9(2)8-14)10-6-4-5-7-12(10)15/h4-7,9,11,13-15H,3,8H2,1-2H3/t9-,11+/m1/s1. The van der Waals surface area contributed by atoms with Crippen molar-refractivity contribution in [1.29, 1.82) is 0 Å². The SMILES string of the molecule is CC[C@H](N[C@H](C)CO)c1ccccc1O. The zero-order valence-electron chi connectivity index (χ0n) is 9.27. The van der Waals surface area contributed by atoms with Crippen molar-refractivity contribution < 1.29 is 10.2 Å². The van der Waals surface area contributed by atoms with E-state index in [1.807, 2.05) is 26.0 Å². The van der Waals surface area contributed by atoms with E-state index < -0.39 is 0 Å². The maximum absolute atomic E-state index is 9.70. The molecule has 1 rings (SSSR count). The van der Waals surface area contributed by atoms with Gasteiger partial charge in [-0.3, -0.25) is 0 Å². The quantitative estimate of drug-likeness (QED) is 0.693. The first-order valence-corrected chi connectivity index (χ1v) is 5.33. The number of aliphatic hydroxyl groups is 1. The molecule has 0 aliphatic rings. The second-order valence-corrected chi connectivity index (χ2v) is 3.77. The van der Waals surface area contributed by atoms with E-state index in [1.165, 1.54) is 0 Å². The first kappa shape index (κ1) is 12.0. The zero-order valence-corrected chi connectivity index (χ0v) is 9.27. The number of aromatic hydroxyl groups is 1. The van der Waals surface area contributed by atoms with Crippen molar-refractivity contribution in [3.63, 3.8) is 0 Å². The van der Waals surface area contributed by atoms with Crippen LogP contribution in [0, 0.1) is 0 Å². The molecule has 0 bridgehead atoms. The Morgan fingerprint density at radius 1 is 1.33 bits per heavy atom. The Balaban J connectivity index is 2.78. The fraction of sp³-hybridized carbons (Fsp3) is 0.500. The summed E-state index contributed by atoms with van der Waals surface area (Å²) in [5, 5.41) is 21.9. The molecule has 0 amide bonds. The van der Waals surface area contributed by atoms with Gasteiger partial charge in [-0.1, -0.05) is 25.1 Å². The largest absolute Gasteiger partial charge is 0.508 e. The van der Waals surface area contributed by atoms with Gasteiger partial charge in [-0.15, -0.1) is 0 Å².